The molecule has 0 saturated carbocycles. The Hall–Kier alpha value is -2.48. The van der Waals surface area contributed by atoms with Crippen molar-refractivity contribution in [1.29, 1.82) is 0 Å². The summed E-state index contributed by atoms with van der Waals surface area (Å²) in [7, 11) is 2.02. The second-order valence-electron chi connectivity index (χ2n) is 6.98. The van der Waals surface area contributed by atoms with E-state index >= 15 is 0 Å². The summed E-state index contributed by atoms with van der Waals surface area (Å²) in [5.41, 5.74) is 3.17. The summed E-state index contributed by atoms with van der Waals surface area (Å²) in [5, 5.41) is 8.82. The average Bonchev–Trinajstić information content (AvgIpc) is 3.41. The number of halogens is 1. The number of thioether (sulfide) groups is 2. The first-order valence-corrected chi connectivity index (χ1v) is 11.9. The Labute approximate surface area is 187 Å². The molecule has 1 saturated heterocycles. The van der Waals surface area contributed by atoms with E-state index in [0.29, 0.717) is 0 Å². The highest BCUT2D eigenvalue weighted by Gasteiger charge is 2.30. The van der Waals surface area contributed by atoms with Crippen LogP contribution in [0, 0.1) is 5.82 Å². The van der Waals surface area contributed by atoms with Crippen LogP contribution in [0.3, 0.4) is 0 Å². The number of aromatic nitrogens is 1. The predicted molar refractivity (Wildman–Crippen MR) is 126 cm³/mol. The molecule has 0 bridgehead atoms. The van der Waals surface area contributed by atoms with Gasteiger partial charge in [-0.15, -0.1) is 0 Å². The summed E-state index contributed by atoms with van der Waals surface area (Å²) in [6.45, 7) is 5.05. The molecule has 0 radical (unpaired) electrons. The lowest BCUT2D eigenvalue weighted by atomic mass is 10.2. The normalized spacial score (nSPS) is 19.5. The standard InChI is InChI=1S/C23H18FN3S3/c1-15-22(23-26(2)18-9-8-17(24)12-19(18)29-23)30-20(25-15)13-21-27(10-11-28-21)14-16-6-4-3-5-7-16/h3-13H,1,14H2,2H3/p+1/b23-22+. The van der Waals surface area contributed by atoms with Gasteiger partial charge in [-0.3, -0.25) is 0 Å². The topological polar surface area (TPSA) is 19.1 Å². The lowest BCUT2D eigenvalue weighted by Crippen LogP contribution is -2.34. The number of anilines is 1. The third kappa shape index (κ3) is 3.69. The number of benzene rings is 2. The first-order valence-electron chi connectivity index (χ1n) is 9.40. The summed E-state index contributed by atoms with van der Waals surface area (Å²) in [6, 6.07) is 15.4. The molecular formula is C23H19FN3S3+. The van der Waals surface area contributed by atoms with E-state index in [2.05, 4.69) is 63.3 Å². The van der Waals surface area contributed by atoms with Gasteiger partial charge < -0.3 is 10.2 Å². The molecular weight excluding hydrogens is 433 g/mol. The highest BCUT2D eigenvalue weighted by atomic mass is 32.2. The number of fused-ring (bicyclic) bond motifs is 1. The Kier molecular flexibility index (Phi) is 5.18. The number of nitrogens with one attached hydrogen (secondary N) is 1. The Bertz CT molecular complexity index is 1200. The second-order valence-corrected chi connectivity index (χ2v) is 9.99. The molecule has 1 fully saturated rings. The van der Waals surface area contributed by atoms with Crippen molar-refractivity contribution in [3.05, 3.63) is 104 Å². The minimum Gasteiger partial charge on any atom is -0.349 e. The van der Waals surface area contributed by atoms with E-state index in [-0.39, 0.29) is 5.82 Å². The Balaban J connectivity index is 1.41. The minimum atomic E-state index is -0.210. The van der Waals surface area contributed by atoms with Crippen LogP contribution in [-0.4, -0.2) is 7.05 Å². The molecule has 0 spiro atoms. The van der Waals surface area contributed by atoms with Crippen LogP contribution in [0.2, 0.25) is 0 Å². The van der Waals surface area contributed by atoms with Gasteiger partial charge in [0.1, 0.15) is 5.82 Å². The van der Waals surface area contributed by atoms with Gasteiger partial charge in [-0.2, -0.15) is 4.57 Å². The first-order chi connectivity index (χ1) is 14.6. The monoisotopic (exact) mass is 452 g/mol. The zero-order valence-electron chi connectivity index (χ0n) is 16.3. The summed E-state index contributed by atoms with van der Waals surface area (Å²) in [6.07, 6.45) is 4.28. The molecule has 2 aliphatic rings. The van der Waals surface area contributed by atoms with Crippen molar-refractivity contribution < 1.29 is 8.96 Å². The zero-order chi connectivity index (χ0) is 20.7. The van der Waals surface area contributed by atoms with Crippen molar-refractivity contribution in [1.82, 2.24) is 5.32 Å². The van der Waals surface area contributed by atoms with Crippen LogP contribution in [0.4, 0.5) is 10.1 Å². The minimum absolute atomic E-state index is 0.210. The van der Waals surface area contributed by atoms with Gasteiger partial charge in [-0.25, -0.2) is 4.39 Å². The first kappa shape index (κ1) is 19.5. The van der Waals surface area contributed by atoms with Gasteiger partial charge in [-0.1, -0.05) is 71.8 Å². The van der Waals surface area contributed by atoms with Crippen LogP contribution in [0.5, 0.6) is 0 Å². The third-order valence-corrected chi connectivity index (χ3v) is 8.19. The lowest BCUT2D eigenvalue weighted by molar-refractivity contribution is -0.685. The number of thiazole rings is 1. The average molecular weight is 453 g/mol. The third-order valence-electron chi connectivity index (χ3n) is 4.91. The molecule has 0 unspecified atom stereocenters. The Morgan fingerprint density at radius 3 is 2.83 bits per heavy atom. The van der Waals surface area contributed by atoms with Crippen molar-refractivity contribution in [2.45, 2.75) is 11.4 Å². The molecule has 2 aromatic carbocycles. The molecule has 1 aromatic heterocycles. The zero-order valence-corrected chi connectivity index (χ0v) is 18.7. The van der Waals surface area contributed by atoms with E-state index in [1.165, 1.54) is 16.6 Å². The van der Waals surface area contributed by atoms with Gasteiger partial charge in [-0.05, 0) is 18.2 Å². The second kappa shape index (κ2) is 7.98. The summed E-state index contributed by atoms with van der Waals surface area (Å²) in [4.78, 5) is 4.12. The number of hydrogen-bond donors (Lipinski definition) is 1. The van der Waals surface area contributed by atoms with E-state index in [9.17, 15) is 4.39 Å². The largest absolute Gasteiger partial charge is 0.349 e. The van der Waals surface area contributed by atoms with E-state index < -0.39 is 0 Å². The molecule has 3 nitrogen and oxygen atoms in total. The van der Waals surface area contributed by atoms with Crippen molar-refractivity contribution in [2.75, 3.05) is 11.9 Å². The summed E-state index contributed by atoms with van der Waals surface area (Å²) in [5.74, 6) is -0.210. The van der Waals surface area contributed by atoms with Crippen molar-refractivity contribution >= 4 is 46.6 Å². The van der Waals surface area contributed by atoms with Gasteiger partial charge in [0.05, 0.1) is 32.1 Å². The van der Waals surface area contributed by atoms with Gasteiger partial charge in [0.2, 0.25) is 0 Å². The smallest absolute Gasteiger partial charge is 0.264 e. The molecule has 5 rings (SSSR count). The molecule has 0 atom stereocenters. The van der Waals surface area contributed by atoms with Crippen LogP contribution < -0.4 is 14.8 Å². The Morgan fingerprint density at radius 2 is 2.00 bits per heavy atom. The number of rotatable bonds is 3. The molecule has 30 heavy (non-hydrogen) atoms. The molecule has 150 valence electrons. The number of hydrogen-bond acceptors (Lipinski definition) is 5. The molecule has 3 heterocycles. The van der Waals surface area contributed by atoms with Gasteiger partial charge >= 0.3 is 0 Å². The molecule has 0 amide bonds. The fourth-order valence-corrected chi connectivity index (χ4v) is 6.65. The Morgan fingerprint density at radius 1 is 1.17 bits per heavy atom. The SMILES string of the molecule is C=C1N/C(=C/c2scc[n+]2Cc2ccccc2)S/C1=C1/Sc2cc(F)ccc2N1C. The van der Waals surface area contributed by atoms with E-state index in [4.69, 9.17) is 0 Å². The highest BCUT2D eigenvalue weighted by molar-refractivity contribution is 8.09. The maximum absolute atomic E-state index is 13.6. The summed E-state index contributed by atoms with van der Waals surface area (Å²) < 4.78 is 15.9. The fraction of sp³-hybridized carbons (Fsp3) is 0.0870. The summed E-state index contributed by atoms with van der Waals surface area (Å²) >= 11 is 4.98. The fourth-order valence-electron chi connectivity index (χ4n) is 3.42. The van der Waals surface area contributed by atoms with Crippen LogP contribution in [-0.2, 0) is 6.54 Å². The molecule has 3 aromatic rings. The van der Waals surface area contributed by atoms with Gasteiger partial charge in [0, 0.05) is 23.2 Å². The molecule has 7 heteroatoms. The van der Waals surface area contributed by atoms with Crippen LogP contribution in [0.1, 0.15) is 10.6 Å². The predicted octanol–water partition coefficient (Wildman–Crippen LogP) is 5.78. The van der Waals surface area contributed by atoms with Crippen molar-refractivity contribution in [3.63, 3.8) is 0 Å². The molecule has 2 aliphatic heterocycles. The number of nitrogens with zero attached hydrogens (tertiary/aromatic N) is 2. The van der Waals surface area contributed by atoms with Crippen LogP contribution in [0.15, 0.2) is 92.2 Å². The maximum Gasteiger partial charge on any atom is 0.264 e. The quantitative estimate of drug-likeness (QED) is 0.508. The van der Waals surface area contributed by atoms with Crippen molar-refractivity contribution in [3.8, 4) is 0 Å². The molecule has 1 N–H and O–H groups in total. The van der Waals surface area contributed by atoms with E-state index in [1.807, 2.05) is 19.2 Å². The lowest BCUT2D eigenvalue weighted by Gasteiger charge is -2.15. The van der Waals surface area contributed by atoms with Crippen LogP contribution >= 0.6 is 34.9 Å². The van der Waals surface area contributed by atoms with Gasteiger partial charge in [0.25, 0.3) is 5.01 Å². The van der Waals surface area contributed by atoms with Crippen LogP contribution in [0.25, 0.3) is 6.08 Å². The van der Waals surface area contributed by atoms with E-state index in [0.717, 1.165) is 37.8 Å². The van der Waals surface area contributed by atoms with Crippen molar-refractivity contribution in [2.24, 2.45) is 0 Å². The van der Waals surface area contributed by atoms with Gasteiger partial charge in [0.15, 0.2) is 12.7 Å². The highest BCUT2D eigenvalue weighted by Crippen LogP contribution is 2.51. The molecule has 0 aliphatic carbocycles. The maximum atomic E-state index is 13.6. The van der Waals surface area contributed by atoms with E-state index in [1.54, 1.807) is 40.9 Å².